The molecule has 0 unspecified atom stereocenters. The summed E-state index contributed by atoms with van der Waals surface area (Å²) in [5, 5.41) is 0. The van der Waals surface area contributed by atoms with Crippen LogP contribution in [-0.4, -0.2) is 32.3 Å². The number of carbonyl (C=O) groups excluding carboxylic acids is 1. The number of piperidine rings is 1. The van der Waals surface area contributed by atoms with Crippen molar-refractivity contribution in [2.45, 2.75) is 38.4 Å². The van der Waals surface area contributed by atoms with E-state index in [1.807, 2.05) is 48.2 Å². The van der Waals surface area contributed by atoms with E-state index < -0.39 is 10.0 Å². The van der Waals surface area contributed by atoms with E-state index in [1.54, 1.807) is 12.1 Å². The standard InChI is InChI=1S/C21H26N2O3S/c1-17-7-3-4-8-19(17)16-27(25,26)22-20-11-9-18(10-12-20)15-21(24)23-13-5-2-6-14-23/h3-4,7-12,22H,2,5-6,13-16H2,1H3. The summed E-state index contributed by atoms with van der Waals surface area (Å²) in [5.41, 5.74) is 3.15. The number of likely N-dealkylation sites (tertiary alicyclic amines) is 1. The molecule has 0 aliphatic carbocycles. The highest BCUT2D eigenvalue weighted by Crippen LogP contribution is 2.17. The summed E-state index contributed by atoms with van der Waals surface area (Å²) in [6.07, 6.45) is 3.71. The first kappa shape index (κ1) is 19.4. The molecule has 6 heteroatoms. The fourth-order valence-corrected chi connectivity index (χ4v) is 4.61. The van der Waals surface area contributed by atoms with Crippen molar-refractivity contribution >= 4 is 21.6 Å². The monoisotopic (exact) mass is 386 g/mol. The smallest absolute Gasteiger partial charge is 0.236 e. The van der Waals surface area contributed by atoms with Crippen LogP contribution < -0.4 is 4.72 Å². The van der Waals surface area contributed by atoms with E-state index in [1.165, 1.54) is 6.42 Å². The first-order valence-electron chi connectivity index (χ1n) is 9.35. The first-order chi connectivity index (χ1) is 12.9. The second-order valence-electron chi connectivity index (χ2n) is 7.10. The second kappa shape index (κ2) is 8.57. The van der Waals surface area contributed by atoms with Crippen molar-refractivity contribution in [2.75, 3.05) is 17.8 Å². The number of aryl methyl sites for hydroxylation is 1. The van der Waals surface area contributed by atoms with Gasteiger partial charge in [0.1, 0.15) is 0 Å². The molecule has 0 atom stereocenters. The number of carbonyl (C=O) groups is 1. The lowest BCUT2D eigenvalue weighted by molar-refractivity contribution is -0.131. The van der Waals surface area contributed by atoms with Gasteiger partial charge in [0.05, 0.1) is 12.2 Å². The highest BCUT2D eigenvalue weighted by Gasteiger charge is 2.17. The number of rotatable bonds is 6. The molecule has 1 aliphatic rings. The van der Waals surface area contributed by atoms with E-state index >= 15 is 0 Å². The van der Waals surface area contributed by atoms with E-state index in [-0.39, 0.29) is 11.7 Å². The number of nitrogens with one attached hydrogen (secondary N) is 1. The lowest BCUT2D eigenvalue weighted by Crippen LogP contribution is -2.36. The van der Waals surface area contributed by atoms with Crippen molar-refractivity contribution in [1.82, 2.24) is 4.90 Å². The van der Waals surface area contributed by atoms with Gasteiger partial charge in [0, 0.05) is 18.8 Å². The zero-order chi connectivity index (χ0) is 19.3. The van der Waals surface area contributed by atoms with Gasteiger partial charge in [-0.2, -0.15) is 0 Å². The van der Waals surface area contributed by atoms with Crippen molar-refractivity contribution < 1.29 is 13.2 Å². The summed E-state index contributed by atoms with van der Waals surface area (Å²) >= 11 is 0. The van der Waals surface area contributed by atoms with Gasteiger partial charge in [0.25, 0.3) is 0 Å². The van der Waals surface area contributed by atoms with Crippen molar-refractivity contribution in [2.24, 2.45) is 0 Å². The van der Waals surface area contributed by atoms with E-state index in [0.717, 1.165) is 42.6 Å². The van der Waals surface area contributed by atoms with Crippen LogP contribution in [0.5, 0.6) is 0 Å². The first-order valence-corrected chi connectivity index (χ1v) is 11.0. The maximum absolute atomic E-state index is 12.4. The van der Waals surface area contributed by atoms with Crippen LogP contribution in [0.15, 0.2) is 48.5 Å². The third-order valence-corrected chi connectivity index (χ3v) is 6.14. The molecule has 0 aromatic heterocycles. The molecule has 0 saturated carbocycles. The Morgan fingerprint density at radius 2 is 1.67 bits per heavy atom. The van der Waals surface area contributed by atoms with Gasteiger partial charge in [-0.15, -0.1) is 0 Å². The van der Waals surface area contributed by atoms with Crippen LogP contribution in [0.4, 0.5) is 5.69 Å². The number of sulfonamides is 1. The Hall–Kier alpha value is -2.34. The molecule has 27 heavy (non-hydrogen) atoms. The molecule has 0 bridgehead atoms. The average molecular weight is 387 g/mol. The minimum absolute atomic E-state index is 0.0606. The molecule has 1 heterocycles. The molecule has 1 aliphatic heterocycles. The van der Waals surface area contributed by atoms with Gasteiger partial charge < -0.3 is 4.90 Å². The van der Waals surface area contributed by atoms with Crippen LogP contribution in [-0.2, 0) is 27.0 Å². The number of amides is 1. The summed E-state index contributed by atoms with van der Waals surface area (Å²) in [6.45, 7) is 3.59. The number of benzene rings is 2. The molecule has 5 nitrogen and oxygen atoms in total. The highest BCUT2D eigenvalue weighted by molar-refractivity contribution is 7.91. The normalized spacial score (nSPS) is 14.8. The summed E-state index contributed by atoms with van der Waals surface area (Å²) in [5.74, 6) is 0.0806. The summed E-state index contributed by atoms with van der Waals surface area (Å²) in [4.78, 5) is 14.2. The molecule has 1 N–H and O–H groups in total. The SMILES string of the molecule is Cc1ccccc1CS(=O)(=O)Nc1ccc(CC(=O)N2CCCCC2)cc1. The van der Waals surface area contributed by atoms with Crippen LogP contribution in [0.1, 0.15) is 36.0 Å². The maximum Gasteiger partial charge on any atom is 0.236 e. The maximum atomic E-state index is 12.4. The van der Waals surface area contributed by atoms with Gasteiger partial charge in [-0.05, 0) is 55.0 Å². The molecule has 3 rings (SSSR count). The molecule has 1 amide bonds. The molecule has 2 aromatic rings. The predicted octanol–water partition coefficient (Wildman–Crippen LogP) is 3.49. The Balaban J connectivity index is 1.59. The van der Waals surface area contributed by atoms with Crippen molar-refractivity contribution in [3.63, 3.8) is 0 Å². The largest absolute Gasteiger partial charge is 0.342 e. The Labute approximate surface area is 161 Å². The molecule has 0 radical (unpaired) electrons. The number of nitrogens with zero attached hydrogens (tertiary/aromatic N) is 1. The number of anilines is 1. The van der Waals surface area contributed by atoms with Crippen molar-refractivity contribution in [3.8, 4) is 0 Å². The fraction of sp³-hybridized carbons (Fsp3) is 0.381. The average Bonchev–Trinajstić information content (AvgIpc) is 2.65. The van der Waals surface area contributed by atoms with E-state index in [2.05, 4.69) is 4.72 Å². The van der Waals surface area contributed by atoms with E-state index in [9.17, 15) is 13.2 Å². The molecule has 0 spiro atoms. The topological polar surface area (TPSA) is 66.5 Å². The molecule has 144 valence electrons. The Morgan fingerprint density at radius 1 is 1.00 bits per heavy atom. The highest BCUT2D eigenvalue weighted by atomic mass is 32.2. The summed E-state index contributed by atoms with van der Waals surface area (Å²) < 4.78 is 27.5. The van der Waals surface area contributed by atoms with Gasteiger partial charge >= 0.3 is 0 Å². The van der Waals surface area contributed by atoms with E-state index in [4.69, 9.17) is 0 Å². The minimum Gasteiger partial charge on any atom is -0.342 e. The summed E-state index contributed by atoms with van der Waals surface area (Å²) in [6, 6.07) is 14.5. The zero-order valence-electron chi connectivity index (χ0n) is 15.6. The lowest BCUT2D eigenvalue weighted by atomic mass is 10.1. The second-order valence-corrected chi connectivity index (χ2v) is 8.83. The Morgan fingerprint density at radius 3 is 2.33 bits per heavy atom. The third-order valence-electron chi connectivity index (χ3n) is 4.90. The zero-order valence-corrected chi connectivity index (χ0v) is 16.5. The van der Waals surface area contributed by atoms with Gasteiger partial charge in [0.2, 0.25) is 15.9 Å². The summed E-state index contributed by atoms with van der Waals surface area (Å²) in [7, 11) is -3.49. The molecule has 2 aromatic carbocycles. The van der Waals surface area contributed by atoms with Crippen LogP contribution in [0.2, 0.25) is 0 Å². The molecular formula is C21H26N2O3S. The quantitative estimate of drug-likeness (QED) is 0.826. The number of hydrogen-bond acceptors (Lipinski definition) is 3. The third kappa shape index (κ3) is 5.57. The predicted molar refractivity (Wildman–Crippen MR) is 108 cm³/mol. The molecular weight excluding hydrogens is 360 g/mol. The number of hydrogen-bond donors (Lipinski definition) is 1. The van der Waals surface area contributed by atoms with Gasteiger partial charge in [-0.1, -0.05) is 36.4 Å². The van der Waals surface area contributed by atoms with Gasteiger partial charge in [-0.3, -0.25) is 9.52 Å². The van der Waals surface area contributed by atoms with Crippen molar-refractivity contribution in [1.29, 1.82) is 0 Å². The van der Waals surface area contributed by atoms with Crippen LogP contribution >= 0.6 is 0 Å². The van der Waals surface area contributed by atoms with Crippen molar-refractivity contribution in [3.05, 3.63) is 65.2 Å². The molecule has 1 saturated heterocycles. The van der Waals surface area contributed by atoms with Gasteiger partial charge in [-0.25, -0.2) is 8.42 Å². The fourth-order valence-electron chi connectivity index (χ4n) is 3.31. The Bertz CT molecular complexity index is 886. The Kier molecular flexibility index (Phi) is 6.16. The van der Waals surface area contributed by atoms with E-state index in [0.29, 0.717) is 12.1 Å². The van der Waals surface area contributed by atoms with Crippen LogP contribution in [0.3, 0.4) is 0 Å². The van der Waals surface area contributed by atoms with Crippen LogP contribution in [0, 0.1) is 6.92 Å². The van der Waals surface area contributed by atoms with Gasteiger partial charge in [0.15, 0.2) is 0 Å². The molecule has 1 fully saturated rings. The van der Waals surface area contributed by atoms with Crippen LogP contribution in [0.25, 0.3) is 0 Å². The minimum atomic E-state index is -3.49. The lowest BCUT2D eigenvalue weighted by Gasteiger charge is -2.26.